The van der Waals surface area contributed by atoms with Crippen LogP contribution < -0.4 is 10.6 Å². The van der Waals surface area contributed by atoms with Crippen molar-refractivity contribution in [2.24, 2.45) is 0 Å². The molecule has 0 bridgehead atoms. The summed E-state index contributed by atoms with van der Waals surface area (Å²) in [6, 6.07) is 13.0. The predicted molar refractivity (Wildman–Crippen MR) is 72.0 cm³/mol. The monoisotopic (exact) mass is 242 g/mol. The number of rotatable bonds is 1. The second-order valence-corrected chi connectivity index (χ2v) is 4.64. The molecule has 2 nitrogen and oxygen atoms in total. The zero-order valence-electron chi connectivity index (χ0n) is 10.1. The van der Waals surface area contributed by atoms with Crippen LogP contribution in [0.2, 0.25) is 0 Å². The first-order valence-corrected chi connectivity index (χ1v) is 6.11. The standard InChI is InChI=1S/C15H15FN2/c16-13-5-6-15(14(17)9-13)18-8-7-11-3-1-2-4-12(11)10-18/h1-6,9H,7-8,10,17H2. The molecule has 0 unspecified atom stereocenters. The molecule has 0 atom stereocenters. The third-order valence-corrected chi connectivity index (χ3v) is 3.46. The first kappa shape index (κ1) is 11.1. The highest BCUT2D eigenvalue weighted by atomic mass is 19.1. The molecule has 92 valence electrons. The van der Waals surface area contributed by atoms with Crippen molar-refractivity contribution in [3.8, 4) is 0 Å². The number of fused-ring (bicyclic) bond motifs is 1. The topological polar surface area (TPSA) is 29.3 Å². The summed E-state index contributed by atoms with van der Waals surface area (Å²) >= 11 is 0. The molecule has 1 aliphatic rings. The lowest BCUT2D eigenvalue weighted by Crippen LogP contribution is -2.30. The molecule has 0 saturated heterocycles. The first-order chi connectivity index (χ1) is 8.74. The first-order valence-electron chi connectivity index (χ1n) is 6.11. The maximum absolute atomic E-state index is 13.1. The van der Waals surface area contributed by atoms with Crippen LogP contribution in [-0.2, 0) is 13.0 Å². The minimum atomic E-state index is -0.284. The molecule has 2 aromatic carbocycles. The maximum atomic E-state index is 13.1. The summed E-state index contributed by atoms with van der Waals surface area (Å²) in [5.41, 5.74) is 10.0. The lowest BCUT2D eigenvalue weighted by Gasteiger charge is -2.31. The fourth-order valence-corrected chi connectivity index (χ4v) is 2.51. The van der Waals surface area contributed by atoms with Gasteiger partial charge < -0.3 is 10.6 Å². The highest BCUT2D eigenvalue weighted by Crippen LogP contribution is 2.29. The largest absolute Gasteiger partial charge is 0.397 e. The quantitative estimate of drug-likeness (QED) is 0.779. The summed E-state index contributed by atoms with van der Waals surface area (Å²) in [5, 5.41) is 0. The minimum absolute atomic E-state index is 0.284. The third kappa shape index (κ3) is 1.92. The Morgan fingerprint density at radius 2 is 1.83 bits per heavy atom. The maximum Gasteiger partial charge on any atom is 0.125 e. The highest BCUT2D eigenvalue weighted by molar-refractivity contribution is 5.68. The van der Waals surface area contributed by atoms with E-state index in [2.05, 4.69) is 29.2 Å². The second-order valence-electron chi connectivity index (χ2n) is 4.64. The van der Waals surface area contributed by atoms with Gasteiger partial charge in [0, 0.05) is 13.1 Å². The van der Waals surface area contributed by atoms with Crippen LogP contribution in [0, 0.1) is 5.82 Å². The third-order valence-electron chi connectivity index (χ3n) is 3.46. The van der Waals surface area contributed by atoms with Crippen LogP contribution in [-0.4, -0.2) is 6.54 Å². The molecule has 0 spiro atoms. The summed E-state index contributed by atoms with van der Waals surface area (Å²) in [4.78, 5) is 2.21. The Kier molecular flexibility index (Phi) is 2.67. The Bertz CT molecular complexity index is 580. The molecule has 2 aromatic rings. The molecular weight excluding hydrogens is 227 g/mol. The number of hydrogen-bond donors (Lipinski definition) is 1. The van der Waals surface area contributed by atoms with Gasteiger partial charge in [0.05, 0.1) is 11.4 Å². The van der Waals surface area contributed by atoms with Crippen LogP contribution >= 0.6 is 0 Å². The number of nitrogens with zero attached hydrogens (tertiary/aromatic N) is 1. The predicted octanol–water partition coefficient (Wildman–Crippen LogP) is 2.97. The molecule has 1 aliphatic heterocycles. The van der Waals surface area contributed by atoms with E-state index in [1.165, 1.54) is 23.3 Å². The van der Waals surface area contributed by atoms with E-state index >= 15 is 0 Å². The summed E-state index contributed by atoms with van der Waals surface area (Å²) in [5.74, 6) is -0.284. The van der Waals surface area contributed by atoms with Crippen LogP contribution in [0.5, 0.6) is 0 Å². The average Bonchev–Trinajstić information content (AvgIpc) is 2.38. The van der Waals surface area contributed by atoms with Crippen molar-refractivity contribution in [3.63, 3.8) is 0 Å². The van der Waals surface area contributed by atoms with Crippen LogP contribution in [0.25, 0.3) is 0 Å². The van der Waals surface area contributed by atoms with Crippen LogP contribution in [0.4, 0.5) is 15.8 Å². The van der Waals surface area contributed by atoms with Crippen molar-refractivity contribution in [2.75, 3.05) is 17.2 Å². The van der Waals surface area contributed by atoms with Gasteiger partial charge in [0.2, 0.25) is 0 Å². The fraction of sp³-hybridized carbons (Fsp3) is 0.200. The molecule has 1 heterocycles. The van der Waals surface area contributed by atoms with Gasteiger partial charge in [-0.25, -0.2) is 4.39 Å². The molecule has 0 amide bonds. The molecule has 3 rings (SSSR count). The lowest BCUT2D eigenvalue weighted by atomic mass is 9.99. The number of nitrogen functional groups attached to an aromatic ring is 1. The van der Waals surface area contributed by atoms with Crippen LogP contribution in [0.15, 0.2) is 42.5 Å². The van der Waals surface area contributed by atoms with E-state index in [1.807, 2.05) is 0 Å². The van der Waals surface area contributed by atoms with Crippen LogP contribution in [0.3, 0.4) is 0 Å². The number of halogens is 1. The van der Waals surface area contributed by atoms with E-state index in [0.717, 1.165) is 25.2 Å². The van der Waals surface area contributed by atoms with E-state index in [4.69, 9.17) is 5.73 Å². The Hall–Kier alpha value is -2.03. The Morgan fingerprint density at radius 3 is 2.61 bits per heavy atom. The molecule has 2 N–H and O–H groups in total. The Balaban J connectivity index is 1.92. The summed E-state index contributed by atoms with van der Waals surface area (Å²) in [6.45, 7) is 1.76. The van der Waals surface area contributed by atoms with Crippen LogP contribution in [0.1, 0.15) is 11.1 Å². The average molecular weight is 242 g/mol. The van der Waals surface area contributed by atoms with E-state index in [-0.39, 0.29) is 5.82 Å². The lowest BCUT2D eigenvalue weighted by molar-refractivity contribution is 0.627. The molecule has 18 heavy (non-hydrogen) atoms. The Morgan fingerprint density at radius 1 is 1.06 bits per heavy atom. The number of benzene rings is 2. The van der Waals surface area contributed by atoms with Gasteiger partial charge in [-0.15, -0.1) is 0 Å². The van der Waals surface area contributed by atoms with Crippen molar-refractivity contribution in [1.82, 2.24) is 0 Å². The van der Waals surface area contributed by atoms with Crippen molar-refractivity contribution in [1.29, 1.82) is 0 Å². The summed E-state index contributed by atoms with van der Waals surface area (Å²) in [7, 11) is 0. The minimum Gasteiger partial charge on any atom is -0.397 e. The van der Waals surface area contributed by atoms with E-state index in [0.29, 0.717) is 5.69 Å². The van der Waals surface area contributed by atoms with Crippen molar-refractivity contribution in [2.45, 2.75) is 13.0 Å². The molecule has 3 heteroatoms. The Labute approximate surface area is 106 Å². The van der Waals surface area contributed by atoms with Gasteiger partial charge >= 0.3 is 0 Å². The van der Waals surface area contributed by atoms with Gasteiger partial charge in [-0.3, -0.25) is 0 Å². The SMILES string of the molecule is Nc1cc(F)ccc1N1CCc2ccccc2C1. The number of nitrogens with two attached hydrogens (primary N) is 1. The fourth-order valence-electron chi connectivity index (χ4n) is 2.51. The summed E-state index contributed by atoms with van der Waals surface area (Å²) < 4.78 is 13.1. The number of hydrogen-bond acceptors (Lipinski definition) is 2. The molecule has 0 fully saturated rings. The van der Waals surface area contributed by atoms with Gasteiger partial charge in [0.15, 0.2) is 0 Å². The summed E-state index contributed by atoms with van der Waals surface area (Å²) in [6.07, 6.45) is 1.01. The molecule has 0 aliphatic carbocycles. The number of anilines is 2. The highest BCUT2D eigenvalue weighted by Gasteiger charge is 2.17. The van der Waals surface area contributed by atoms with Gasteiger partial charge in [0.1, 0.15) is 5.82 Å². The molecular formula is C15H15FN2. The van der Waals surface area contributed by atoms with Crippen molar-refractivity contribution < 1.29 is 4.39 Å². The molecule has 0 saturated carbocycles. The molecule has 0 aromatic heterocycles. The van der Waals surface area contributed by atoms with Gasteiger partial charge in [-0.2, -0.15) is 0 Å². The van der Waals surface area contributed by atoms with E-state index < -0.39 is 0 Å². The zero-order chi connectivity index (χ0) is 12.5. The van der Waals surface area contributed by atoms with Crippen molar-refractivity contribution in [3.05, 3.63) is 59.4 Å². The molecule has 0 radical (unpaired) electrons. The van der Waals surface area contributed by atoms with E-state index in [1.54, 1.807) is 6.07 Å². The van der Waals surface area contributed by atoms with E-state index in [9.17, 15) is 4.39 Å². The zero-order valence-corrected chi connectivity index (χ0v) is 10.1. The van der Waals surface area contributed by atoms with Crippen molar-refractivity contribution >= 4 is 11.4 Å². The van der Waals surface area contributed by atoms with Gasteiger partial charge in [-0.05, 0) is 35.7 Å². The smallest absolute Gasteiger partial charge is 0.125 e. The second kappa shape index (κ2) is 4.33. The van der Waals surface area contributed by atoms with Gasteiger partial charge in [-0.1, -0.05) is 24.3 Å². The van der Waals surface area contributed by atoms with Gasteiger partial charge in [0.25, 0.3) is 0 Å². The normalized spacial score (nSPS) is 14.4.